The van der Waals surface area contributed by atoms with E-state index < -0.39 is 15.7 Å². The molecule has 9 heteroatoms. The normalized spacial score (nSPS) is 11.2. The second-order valence-electron chi connectivity index (χ2n) is 5.99. The lowest BCUT2D eigenvalue weighted by atomic mass is 10.2. The number of hydrogen-bond donors (Lipinski definition) is 1. The Morgan fingerprint density at radius 3 is 2.57 bits per heavy atom. The smallest absolute Gasteiger partial charge is 0.322 e. The van der Waals surface area contributed by atoms with Gasteiger partial charge in [-0.1, -0.05) is 24.2 Å². The molecular weight excluding hydrogens is 382 g/mol. The topological polar surface area (TPSA) is 111 Å². The number of benzene rings is 2. The maximum atomic E-state index is 12.0. The van der Waals surface area contributed by atoms with Crippen molar-refractivity contribution < 1.29 is 22.4 Å². The Morgan fingerprint density at radius 1 is 1.14 bits per heavy atom. The van der Waals surface area contributed by atoms with Crippen molar-refractivity contribution in [2.24, 2.45) is 0 Å². The number of nitrogens with zero attached hydrogens (tertiary/aromatic N) is 2. The van der Waals surface area contributed by atoms with Gasteiger partial charge < -0.3 is 9.15 Å². The molecule has 146 valence electrons. The van der Waals surface area contributed by atoms with Crippen LogP contribution in [-0.2, 0) is 14.6 Å². The van der Waals surface area contributed by atoms with Gasteiger partial charge in [0.25, 0.3) is 5.91 Å². The summed E-state index contributed by atoms with van der Waals surface area (Å²) in [5.41, 5.74) is 1.57. The number of hydrogen-bond acceptors (Lipinski definition) is 7. The number of carbonyl (C=O) groups is 1. The molecule has 0 aliphatic rings. The maximum Gasteiger partial charge on any atom is 0.322 e. The Hall–Kier alpha value is -3.20. The van der Waals surface area contributed by atoms with Crippen LogP contribution in [0, 0.1) is 6.92 Å². The lowest BCUT2D eigenvalue weighted by molar-refractivity contribution is -0.118. The van der Waals surface area contributed by atoms with Crippen molar-refractivity contribution in [1.29, 1.82) is 0 Å². The van der Waals surface area contributed by atoms with Gasteiger partial charge in [0, 0.05) is 5.56 Å². The number of carbonyl (C=O) groups excluding carboxylic acids is 1. The first kappa shape index (κ1) is 19.6. The monoisotopic (exact) mass is 401 g/mol. The van der Waals surface area contributed by atoms with E-state index in [1.165, 1.54) is 12.1 Å². The highest BCUT2D eigenvalue weighted by Crippen LogP contribution is 2.22. The van der Waals surface area contributed by atoms with Gasteiger partial charge in [-0.25, -0.2) is 8.42 Å². The van der Waals surface area contributed by atoms with E-state index in [9.17, 15) is 13.2 Å². The zero-order valence-electron chi connectivity index (χ0n) is 15.4. The number of amides is 1. The van der Waals surface area contributed by atoms with Crippen LogP contribution >= 0.6 is 0 Å². The Bertz CT molecular complexity index is 1070. The molecule has 0 atom stereocenters. The second-order valence-corrected chi connectivity index (χ2v) is 8.27. The largest absolute Gasteiger partial charge is 0.484 e. The van der Waals surface area contributed by atoms with E-state index in [1.54, 1.807) is 25.1 Å². The molecule has 0 aliphatic heterocycles. The molecule has 0 fully saturated rings. The fraction of sp³-hybridized carbons (Fsp3) is 0.211. The van der Waals surface area contributed by atoms with E-state index in [-0.39, 0.29) is 29.2 Å². The number of aryl methyl sites for hydroxylation is 1. The molecule has 28 heavy (non-hydrogen) atoms. The van der Waals surface area contributed by atoms with E-state index in [4.69, 9.17) is 9.15 Å². The fourth-order valence-electron chi connectivity index (χ4n) is 2.37. The van der Waals surface area contributed by atoms with Gasteiger partial charge in [0.05, 0.1) is 10.6 Å². The van der Waals surface area contributed by atoms with Gasteiger partial charge >= 0.3 is 6.01 Å². The molecule has 0 saturated heterocycles. The van der Waals surface area contributed by atoms with Gasteiger partial charge in [-0.05, 0) is 48.9 Å². The summed E-state index contributed by atoms with van der Waals surface area (Å²) in [7, 11) is -3.28. The third-order valence-corrected chi connectivity index (χ3v) is 5.62. The first-order valence-corrected chi connectivity index (χ1v) is 10.2. The van der Waals surface area contributed by atoms with Gasteiger partial charge in [0.1, 0.15) is 5.75 Å². The Balaban J connectivity index is 1.61. The van der Waals surface area contributed by atoms with E-state index in [0.717, 1.165) is 5.56 Å². The number of aromatic nitrogens is 2. The Kier molecular flexibility index (Phi) is 5.74. The van der Waals surface area contributed by atoms with Gasteiger partial charge in [-0.3, -0.25) is 10.1 Å². The molecule has 1 heterocycles. The summed E-state index contributed by atoms with van der Waals surface area (Å²) in [6, 6.07) is 13.4. The van der Waals surface area contributed by atoms with Crippen LogP contribution in [0.25, 0.3) is 11.5 Å². The standard InChI is InChI=1S/C19H19N3O5S/c1-3-28(24,25)16-9-7-14(8-10-16)18-21-22-19(27-18)20-17(23)12-26-15-6-4-5-13(2)11-15/h4-11H,3,12H2,1-2H3,(H,20,22,23). The average molecular weight is 401 g/mol. The predicted molar refractivity (Wildman–Crippen MR) is 103 cm³/mol. The molecule has 1 aromatic heterocycles. The van der Waals surface area contributed by atoms with Crippen molar-refractivity contribution in [3.05, 3.63) is 54.1 Å². The summed E-state index contributed by atoms with van der Waals surface area (Å²) in [6.45, 7) is 3.31. The quantitative estimate of drug-likeness (QED) is 0.648. The van der Waals surface area contributed by atoms with E-state index in [2.05, 4.69) is 15.5 Å². The van der Waals surface area contributed by atoms with Crippen LogP contribution in [0.4, 0.5) is 6.01 Å². The fourth-order valence-corrected chi connectivity index (χ4v) is 3.26. The summed E-state index contributed by atoms with van der Waals surface area (Å²) < 4.78 is 34.5. The first-order valence-electron chi connectivity index (χ1n) is 8.53. The third kappa shape index (κ3) is 4.74. The zero-order chi connectivity index (χ0) is 20.1. The minimum Gasteiger partial charge on any atom is -0.484 e. The van der Waals surface area contributed by atoms with Crippen LogP contribution in [0.5, 0.6) is 5.75 Å². The molecule has 0 aliphatic carbocycles. The predicted octanol–water partition coefficient (Wildman–Crippen LogP) is 2.86. The van der Waals surface area contributed by atoms with Crippen LogP contribution in [0.3, 0.4) is 0 Å². The van der Waals surface area contributed by atoms with Crippen molar-refractivity contribution >= 4 is 21.8 Å². The summed E-state index contributed by atoms with van der Waals surface area (Å²) in [6.07, 6.45) is 0. The minimum absolute atomic E-state index is 0.0215. The van der Waals surface area contributed by atoms with Crippen LogP contribution in [-0.4, -0.2) is 36.9 Å². The Labute approximate surface area is 162 Å². The van der Waals surface area contributed by atoms with Crippen LogP contribution < -0.4 is 10.1 Å². The number of rotatable bonds is 7. The van der Waals surface area contributed by atoms with Crippen LogP contribution in [0.2, 0.25) is 0 Å². The van der Waals surface area contributed by atoms with Crippen LogP contribution in [0.15, 0.2) is 57.8 Å². The number of sulfone groups is 1. The van der Waals surface area contributed by atoms with Gasteiger partial charge in [0.2, 0.25) is 5.89 Å². The lowest BCUT2D eigenvalue weighted by Gasteiger charge is -2.05. The summed E-state index contributed by atoms with van der Waals surface area (Å²) in [4.78, 5) is 12.2. The lowest BCUT2D eigenvalue weighted by Crippen LogP contribution is -2.20. The molecule has 1 N–H and O–H groups in total. The highest BCUT2D eigenvalue weighted by molar-refractivity contribution is 7.91. The number of anilines is 1. The molecule has 2 aromatic carbocycles. The average Bonchev–Trinajstić information content (AvgIpc) is 3.15. The molecule has 3 rings (SSSR count). The molecule has 0 radical (unpaired) electrons. The molecule has 3 aromatic rings. The molecule has 0 bridgehead atoms. The summed E-state index contributed by atoms with van der Waals surface area (Å²) in [5.74, 6) is 0.327. The van der Waals surface area contributed by atoms with Crippen LogP contribution in [0.1, 0.15) is 12.5 Å². The summed E-state index contributed by atoms with van der Waals surface area (Å²) in [5, 5.41) is 10.1. The van der Waals surface area contributed by atoms with Crippen molar-refractivity contribution in [3.8, 4) is 17.2 Å². The van der Waals surface area contributed by atoms with E-state index >= 15 is 0 Å². The first-order chi connectivity index (χ1) is 13.4. The minimum atomic E-state index is -3.28. The maximum absolute atomic E-state index is 12.0. The second kappa shape index (κ2) is 8.22. The summed E-state index contributed by atoms with van der Waals surface area (Å²) >= 11 is 0. The molecular formula is C19H19N3O5S. The van der Waals surface area contributed by atoms with Crippen molar-refractivity contribution in [2.45, 2.75) is 18.7 Å². The van der Waals surface area contributed by atoms with Gasteiger partial charge in [0.15, 0.2) is 16.4 Å². The molecule has 0 spiro atoms. The highest BCUT2D eigenvalue weighted by atomic mass is 32.2. The molecule has 0 unspecified atom stereocenters. The highest BCUT2D eigenvalue weighted by Gasteiger charge is 2.14. The van der Waals surface area contributed by atoms with Gasteiger partial charge in [-0.15, -0.1) is 5.10 Å². The van der Waals surface area contributed by atoms with E-state index in [1.807, 2.05) is 25.1 Å². The molecule has 0 saturated carbocycles. The van der Waals surface area contributed by atoms with Crippen molar-refractivity contribution in [3.63, 3.8) is 0 Å². The molecule has 1 amide bonds. The zero-order valence-corrected chi connectivity index (χ0v) is 16.2. The van der Waals surface area contributed by atoms with Gasteiger partial charge in [-0.2, -0.15) is 0 Å². The van der Waals surface area contributed by atoms with Crippen molar-refractivity contribution in [2.75, 3.05) is 17.7 Å². The number of ether oxygens (including phenoxy) is 1. The van der Waals surface area contributed by atoms with E-state index in [0.29, 0.717) is 11.3 Å². The SMILES string of the molecule is CCS(=O)(=O)c1ccc(-c2nnc(NC(=O)COc3cccc(C)c3)o2)cc1. The molecule has 8 nitrogen and oxygen atoms in total. The Morgan fingerprint density at radius 2 is 1.89 bits per heavy atom. The van der Waals surface area contributed by atoms with Crippen molar-refractivity contribution in [1.82, 2.24) is 10.2 Å². The third-order valence-electron chi connectivity index (χ3n) is 3.87. The number of nitrogens with one attached hydrogen (secondary N) is 1.